The molecule has 30 heavy (non-hydrogen) atoms. The number of aryl methyl sites for hydroxylation is 3. The molecule has 2 unspecified atom stereocenters. The molecule has 1 aliphatic rings. The molecule has 0 bridgehead atoms. The molecule has 0 aliphatic heterocycles. The van der Waals surface area contributed by atoms with Gasteiger partial charge in [0.25, 0.3) is 10.0 Å². The molecule has 2 aromatic carbocycles. The number of carbonyl (C=O) groups is 1. The normalized spacial score (nSPS) is 18.1. The SMILES string of the molecule is Cc1cccc(NS(=O)(=O)c2cc(NC(=O)C3CC3c3cnn(C)c3)ccc2C)c1. The Morgan fingerprint density at radius 3 is 2.63 bits per heavy atom. The van der Waals surface area contributed by atoms with Crippen molar-refractivity contribution >= 4 is 27.3 Å². The molecule has 7 nitrogen and oxygen atoms in total. The van der Waals surface area contributed by atoms with Gasteiger partial charge in [0.15, 0.2) is 0 Å². The van der Waals surface area contributed by atoms with Crippen LogP contribution in [0.4, 0.5) is 11.4 Å². The number of carbonyl (C=O) groups excluding carboxylic acids is 1. The third-order valence-electron chi connectivity index (χ3n) is 5.30. The van der Waals surface area contributed by atoms with Crippen LogP contribution in [-0.2, 0) is 21.9 Å². The summed E-state index contributed by atoms with van der Waals surface area (Å²) in [7, 11) is -1.94. The Kier molecular flexibility index (Phi) is 5.11. The summed E-state index contributed by atoms with van der Waals surface area (Å²) in [5, 5.41) is 7.02. The number of anilines is 2. The Morgan fingerprint density at radius 2 is 1.93 bits per heavy atom. The summed E-state index contributed by atoms with van der Waals surface area (Å²) in [6.45, 7) is 3.63. The van der Waals surface area contributed by atoms with Gasteiger partial charge in [-0.2, -0.15) is 5.10 Å². The van der Waals surface area contributed by atoms with Crippen molar-refractivity contribution in [3.8, 4) is 0 Å². The van der Waals surface area contributed by atoms with Gasteiger partial charge >= 0.3 is 0 Å². The Balaban J connectivity index is 1.50. The summed E-state index contributed by atoms with van der Waals surface area (Å²) in [5.74, 6) is -0.0704. The van der Waals surface area contributed by atoms with Gasteiger partial charge in [0.1, 0.15) is 0 Å². The molecule has 0 radical (unpaired) electrons. The van der Waals surface area contributed by atoms with Crippen molar-refractivity contribution in [2.24, 2.45) is 13.0 Å². The van der Waals surface area contributed by atoms with Crippen molar-refractivity contribution in [2.45, 2.75) is 31.1 Å². The Morgan fingerprint density at radius 1 is 1.13 bits per heavy atom. The van der Waals surface area contributed by atoms with Crippen LogP contribution < -0.4 is 10.0 Å². The van der Waals surface area contributed by atoms with Crippen LogP contribution >= 0.6 is 0 Å². The fraction of sp³-hybridized carbons (Fsp3) is 0.273. The lowest BCUT2D eigenvalue weighted by Crippen LogP contribution is -2.17. The zero-order valence-corrected chi connectivity index (χ0v) is 17.9. The number of hydrogen-bond acceptors (Lipinski definition) is 4. The number of nitrogens with zero attached hydrogens (tertiary/aromatic N) is 2. The number of rotatable bonds is 6. The summed E-state index contributed by atoms with van der Waals surface area (Å²) in [6, 6.07) is 12.1. The predicted octanol–water partition coefficient (Wildman–Crippen LogP) is 3.58. The smallest absolute Gasteiger partial charge is 0.262 e. The maximum atomic E-state index is 12.9. The van der Waals surface area contributed by atoms with E-state index < -0.39 is 10.0 Å². The first kappa shape index (κ1) is 20.2. The summed E-state index contributed by atoms with van der Waals surface area (Å²) in [5.41, 5.74) is 3.58. The van der Waals surface area contributed by atoms with Crippen molar-refractivity contribution < 1.29 is 13.2 Å². The van der Waals surface area contributed by atoms with E-state index in [0.717, 1.165) is 17.5 Å². The third-order valence-corrected chi connectivity index (χ3v) is 6.82. The third kappa shape index (κ3) is 4.23. The van der Waals surface area contributed by atoms with Crippen LogP contribution in [0.25, 0.3) is 0 Å². The molecule has 1 amide bonds. The Bertz CT molecular complexity index is 1220. The molecule has 1 aliphatic carbocycles. The van der Waals surface area contributed by atoms with Crippen molar-refractivity contribution in [1.29, 1.82) is 0 Å². The molecule has 4 rings (SSSR count). The quantitative estimate of drug-likeness (QED) is 0.633. The minimum absolute atomic E-state index is 0.109. The van der Waals surface area contributed by atoms with Crippen LogP contribution in [0.3, 0.4) is 0 Å². The zero-order chi connectivity index (χ0) is 21.5. The van der Waals surface area contributed by atoms with E-state index in [1.54, 1.807) is 48.1 Å². The van der Waals surface area contributed by atoms with Crippen LogP contribution in [-0.4, -0.2) is 24.1 Å². The second-order valence-electron chi connectivity index (χ2n) is 7.84. The second kappa shape index (κ2) is 7.60. The average Bonchev–Trinajstić information content (AvgIpc) is 3.37. The highest BCUT2D eigenvalue weighted by Gasteiger charge is 2.44. The number of benzene rings is 2. The van der Waals surface area contributed by atoms with Crippen LogP contribution in [0.5, 0.6) is 0 Å². The molecule has 0 saturated heterocycles. The molecule has 3 aromatic rings. The molecule has 0 spiro atoms. The minimum Gasteiger partial charge on any atom is -0.326 e. The first-order chi connectivity index (χ1) is 14.2. The summed E-state index contributed by atoms with van der Waals surface area (Å²) in [6.07, 6.45) is 4.47. The van der Waals surface area contributed by atoms with Gasteiger partial charge in [0.2, 0.25) is 5.91 Å². The largest absolute Gasteiger partial charge is 0.326 e. The molecular formula is C22H24N4O3S. The lowest BCUT2D eigenvalue weighted by molar-refractivity contribution is -0.117. The van der Waals surface area contributed by atoms with Gasteiger partial charge in [-0.3, -0.25) is 14.2 Å². The monoisotopic (exact) mass is 424 g/mol. The summed E-state index contributed by atoms with van der Waals surface area (Å²) in [4.78, 5) is 12.8. The highest BCUT2D eigenvalue weighted by atomic mass is 32.2. The Hall–Kier alpha value is -3.13. The predicted molar refractivity (Wildman–Crippen MR) is 116 cm³/mol. The summed E-state index contributed by atoms with van der Waals surface area (Å²) < 4.78 is 30.2. The number of hydrogen-bond donors (Lipinski definition) is 2. The fourth-order valence-corrected chi connectivity index (χ4v) is 4.93. The highest BCUT2D eigenvalue weighted by Crippen LogP contribution is 2.47. The molecule has 1 heterocycles. The number of amides is 1. The molecule has 1 fully saturated rings. The van der Waals surface area contributed by atoms with E-state index in [4.69, 9.17) is 0 Å². The van der Waals surface area contributed by atoms with Crippen LogP contribution in [0.1, 0.15) is 29.0 Å². The second-order valence-corrected chi connectivity index (χ2v) is 9.49. The Labute approximate surface area is 176 Å². The van der Waals surface area contributed by atoms with Gasteiger partial charge in [-0.05, 0) is 67.1 Å². The number of aromatic nitrogens is 2. The maximum absolute atomic E-state index is 12.9. The number of sulfonamides is 1. The standard InChI is InChI=1S/C22H24N4O3S/c1-14-5-4-6-18(9-14)25-30(28,29)21-10-17(8-7-15(21)2)24-22(27)20-11-19(20)16-12-23-26(3)13-16/h4-10,12-13,19-20,25H,11H2,1-3H3,(H,24,27). The van der Waals surface area contributed by atoms with Gasteiger partial charge in [0, 0.05) is 30.5 Å². The van der Waals surface area contributed by atoms with E-state index >= 15 is 0 Å². The van der Waals surface area contributed by atoms with E-state index in [1.807, 2.05) is 26.2 Å². The fourth-order valence-electron chi connectivity index (χ4n) is 3.61. The lowest BCUT2D eigenvalue weighted by atomic mass is 10.2. The summed E-state index contributed by atoms with van der Waals surface area (Å²) >= 11 is 0. The van der Waals surface area contributed by atoms with Gasteiger partial charge in [-0.1, -0.05) is 18.2 Å². The first-order valence-electron chi connectivity index (χ1n) is 9.72. The van der Waals surface area contributed by atoms with E-state index in [0.29, 0.717) is 16.9 Å². The van der Waals surface area contributed by atoms with Crippen LogP contribution in [0, 0.1) is 19.8 Å². The topological polar surface area (TPSA) is 93.1 Å². The molecule has 8 heteroatoms. The van der Waals surface area contributed by atoms with E-state index in [-0.39, 0.29) is 22.6 Å². The zero-order valence-electron chi connectivity index (χ0n) is 17.1. The van der Waals surface area contributed by atoms with Crippen LogP contribution in [0.15, 0.2) is 59.8 Å². The van der Waals surface area contributed by atoms with E-state index in [1.165, 1.54) is 6.07 Å². The van der Waals surface area contributed by atoms with Gasteiger partial charge < -0.3 is 5.32 Å². The van der Waals surface area contributed by atoms with Crippen molar-refractivity contribution in [3.05, 3.63) is 71.5 Å². The molecule has 2 atom stereocenters. The average molecular weight is 425 g/mol. The minimum atomic E-state index is -3.79. The van der Waals surface area contributed by atoms with Gasteiger partial charge in [-0.25, -0.2) is 8.42 Å². The van der Waals surface area contributed by atoms with Crippen molar-refractivity contribution in [1.82, 2.24) is 9.78 Å². The van der Waals surface area contributed by atoms with E-state index in [2.05, 4.69) is 15.1 Å². The highest BCUT2D eigenvalue weighted by molar-refractivity contribution is 7.92. The molecule has 2 N–H and O–H groups in total. The van der Waals surface area contributed by atoms with E-state index in [9.17, 15) is 13.2 Å². The van der Waals surface area contributed by atoms with Crippen LogP contribution in [0.2, 0.25) is 0 Å². The van der Waals surface area contributed by atoms with Gasteiger partial charge in [0.05, 0.1) is 11.1 Å². The maximum Gasteiger partial charge on any atom is 0.262 e. The molecule has 156 valence electrons. The molecule has 1 aromatic heterocycles. The van der Waals surface area contributed by atoms with Crippen molar-refractivity contribution in [2.75, 3.05) is 10.0 Å². The first-order valence-corrected chi connectivity index (χ1v) is 11.2. The number of nitrogens with one attached hydrogen (secondary N) is 2. The molecular weight excluding hydrogens is 400 g/mol. The van der Waals surface area contributed by atoms with Gasteiger partial charge in [-0.15, -0.1) is 0 Å². The molecule has 1 saturated carbocycles. The lowest BCUT2D eigenvalue weighted by Gasteiger charge is -2.13. The van der Waals surface area contributed by atoms with Crippen molar-refractivity contribution in [3.63, 3.8) is 0 Å².